The lowest BCUT2D eigenvalue weighted by Gasteiger charge is -2.44. The van der Waals surface area contributed by atoms with Gasteiger partial charge in [-0.1, -0.05) is 37.6 Å². The quantitative estimate of drug-likeness (QED) is 0.744. The molecule has 0 aromatic heterocycles. The molecule has 2 unspecified atom stereocenters. The normalized spacial score (nSPS) is 32.1. The van der Waals surface area contributed by atoms with E-state index in [9.17, 15) is 0 Å². The number of hydrogen-bond acceptors (Lipinski definition) is 2. The molecule has 0 aliphatic heterocycles. The summed E-state index contributed by atoms with van der Waals surface area (Å²) in [6.45, 7) is 10.8. The summed E-state index contributed by atoms with van der Waals surface area (Å²) in [5, 5.41) is 0. The fourth-order valence-electron chi connectivity index (χ4n) is 2.27. The Morgan fingerprint density at radius 2 is 2.00 bits per heavy atom. The van der Waals surface area contributed by atoms with Gasteiger partial charge in [0, 0.05) is 6.04 Å². The van der Waals surface area contributed by atoms with Gasteiger partial charge in [-0.05, 0) is 26.9 Å². The molecule has 2 N–H and O–H groups in total. The molecule has 0 fully saturated rings. The van der Waals surface area contributed by atoms with E-state index in [1.54, 1.807) is 0 Å². The summed E-state index contributed by atoms with van der Waals surface area (Å²) in [6, 6.07) is 0.118. The predicted molar refractivity (Wildman–Crippen MR) is 62.2 cm³/mol. The van der Waals surface area contributed by atoms with Crippen LogP contribution in [0.25, 0.3) is 0 Å². The minimum absolute atomic E-state index is 0.0116. The van der Waals surface area contributed by atoms with Gasteiger partial charge in [0.05, 0.1) is 5.54 Å². The van der Waals surface area contributed by atoms with E-state index in [4.69, 9.17) is 5.73 Å². The third-order valence-electron chi connectivity index (χ3n) is 3.36. The van der Waals surface area contributed by atoms with Crippen LogP contribution in [0, 0.1) is 0 Å². The number of nitrogens with two attached hydrogens (primary N) is 1. The summed E-state index contributed by atoms with van der Waals surface area (Å²) >= 11 is 0. The molecule has 80 valence electrons. The minimum Gasteiger partial charge on any atom is -0.322 e. The zero-order chi connectivity index (χ0) is 10.8. The van der Waals surface area contributed by atoms with Crippen LogP contribution in [-0.4, -0.2) is 29.6 Å². The highest BCUT2D eigenvalue weighted by atomic mass is 15.2. The Kier molecular flexibility index (Phi) is 3.51. The van der Waals surface area contributed by atoms with Crippen molar-refractivity contribution in [1.82, 2.24) is 4.90 Å². The summed E-state index contributed by atoms with van der Waals surface area (Å²) in [7, 11) is 0. The topological polar surface area (TPSA) is 29.3 Å². The van der Waals surface area contributed by atoms with Crippen LogP contribution in [0.5, 0.6) is 0 Å². The molecule has 2 nitrogen and oxygen atoms in total. The third-order valence-corrected chi connectivity index (χ3v) is 3.36. The predicted octanol–water partition coefficient (Wildman–Crippen LogP) is 1.93. The molecule has 14 heavy (non-hydrogen) atoms. The van der Waals surface area contributed by atoms with Crippen molar-refractivity contribution in [2.45, 2.75) is 39.3 Å². The Bertz CT molecular complexity index is 251. The summed E-state index contributed by atoms with van der Waals surface area (Å²) in [4.78, 5) is 2.41. The van der Waals surface area contributed by atoms with Crippen molar-refractivity contribution < 1.29 is 0 Å². The van der Waals surface area contributed by atoms with Gasteiger partial charge in [0.1, 0.15) is 0 Å². The molecule has 0 amide bonds. The molecule has 0 radical (unpaired) electrons. The lowest BCUT2D eigenvalue weighted by Crippen LogP contribution is -2.58. The smallest absolute Gasteiger partial charge is 0.0556 e. The van der Waals surface area contributed by atoms with Crippen molar-refractivity contribution in [2.75, 3.05) is 13.1 Å². The Hall–Kier alpha value is -0.600. The SMILES string of the molecule is CCN(CC)C1(C)C=CC=C(C)C1N. The first kappa shape index (κ1) is 11.5. The zero-order valence-corrected chi connectivity index (χ0v) is 9.75. The summed E-state index contributed by atoms with van der Waals surface area (Å²) in [5.41, 5.74) is 7.50. The number of allylic oxidation sites excluding steroid dienone is 2. The summed E-state index contributed by atoms with van der Waals surface area (Å²) < 4.78 is 0. The second kappa shape index (κ2) is 4.28. The monoisotopic (exact) mass is 194 g/mol. The number of rotatable bonds is 3. The molecule has 0 bridgehead atoms. The number of hydrogen-bond donors (Lipinski definition) is 1. The molecule has 2 heteroatoms. The highest BCUT2D eigenvalue weighted by Gasteiger charge is 2.35. The number of likely N-dealkylation sites (N-methyl/N-ethyl adjacent to an activating group) is 1. The maximum atomic E-state index is 6.25. The molecule has 0 aromatic rings. The van der Waals surface area contributed by atoms with Gasteiger partial charge in [0.15, 0.2) is 0 Å². The molecule has 1 aliphatic rings. The molecule has 1 aliphatic carbocycles. The lowest BCUT2D eigenvalue weighted by molar-refractivity contribution is 0.144. The highest BCUT2D eigenvalue weighted by molar-refractivity contribution is 5.31. The van der Waals surface area contributed by atoms with Gasteiger partial charge in [-0.2, -0.15) is 0 Å². The maximum Gasteiger partial charge on any atom is 0.0556 e. The van der Waals surface area contributed by atoms with Crippen molar-refractivity contribution in [3.8, 4) is 0 Å². The molecule has 1 rings (SSSR count). The molecule has 0 spiro atoms. The van der Waals surface area contributed by atoms with Gasteiger partial charge < -0.3 is 5.73 Å². The number of nitrogens with zero attached hydrogens (tertiary/aromatic N) is 1. The van der Waals surface area contributed by atoms with E-state index in [0.717, 1.165) is 13.1 Å². The van der Waals surface area contributed by atoms with Crippen molar-refractivity contribution in [3.05, 3.63) is 23.8 Å². The highest BCUT2D eigenvalue weighted by Crippen LogP contribution is 2.27. The van der Waals surface area contributed by atoms with Gasteiger partial charge in [0.2, 0.25) is 0 Å². The van der Waals surface area contributed by atoms with Gasteiger partial charge in [-0.25, -0.2) is 0 Å². The van der Waals surface area contributed by atoms with E-state index < -0.39 is 0 Å². The van der Waals surface area contributed by atoms with E-state index in [0.29, 0.717) is 0 Å². The van der Waals surface area contributed by atoms with E-state index in [2.05, 4.69) is 50.8 Å². The van der Waals surface area contributed by atoms with Gasteiger partial charge in [-0.3, -0.25) is 4.90 Å². The van der Waals surface area contributed by atoms with Gasteiger partial charge in [0.25, 0.3) is 0 Å². The largest absolute Gasteiger partial charge is 0.322 e. The summed E-state index contributed by atoms with van der Waals surface area (Å²) in [5.74, 6) is 0. The lowest BCUT2D eigenvalue weighted by atomic mass is 9.82. The maximum absolute atomic E-state index is 6.25. The molecular formula is C12H22N2. The van der Waals surface area contributed by atoms with Crippen molar-refractivity contribution in [1.29, 1.82) is 0 Å². The van der Waals surface area contributed by atoms with Crippen LogP contribution in [0.15, 0.2) is 23.8 Å². The van der Waals surface area contributed by atoms with E-state index in [1.165, 1.54) is 5.57 Å². The fraction of sp³-hybridized carbons (Fsp3) is 0.667. The zero-order valence-electron chi connectivity index (χ0n) is 9.75. The van der Waals surface area contributed by atoms with Crippen LogP contribution < -0.4 is 5.73 Å². The Morgan fingerprint density at radius 3 is 2.50 bits per heavy atom. The fourth-order valence-corrected chi connectivity index (χ4v) is 2.27. The van der Waals surface area contributed by atoms with Crippen molar-refractivity contribution in [2.24, 2.45) is 5.73 Å². The molecular weight excluding hydrogens is 172 g/mol. The first-order valence-electron chi connectivity index (χ1n) is 5.42. The van der Waals surface area contributed by atoms with Crippen LogP contribution in [0.1, 0.15) is 27.7 Å². The van der Waals surface area contributed by atoms with E-state index >= 15 is 0 Å². The molecule has 0 saturated carbocycles. The van der Waals surface area contributed by atoms with E-state index in [-0.39, 0.29) is 11.6 Å². The van der Waals surface area contributed by atoms with Crippen LogP contribution >= 0.6 is 0 Å². The van der Waals surface area contributed by atoms with Gasteiger partial charge >= 0.3 is 0 Å². The Labute approximate surface area is 87.5 Å². The standard InChI is InChI=1S/C12H22N2/c1-5-14(6-2)12(4)9-7-8-10(3)11(12)13/h7-9,11H,5-6,13H2,1-4H3. The summed E-state index contributed by atoms with van der Waals surface area (Å²) in [6.07, 6.45) is 6.45. The second-order valence-electron chi connectivity index (χ2n) is 4.15. The molecule has 0 aromatic carbocycles. The van der Waals surface area contributed by atoms with Crippen LogP contribution in [-0.2, 0) is 0 Å². The average Bonchev–Trinajstić information content (AvgIpc) is 2.16. The van der Waals surface area contributed by atoms with Crippen LogP contribution in [0.3, 0.4) is 0 Å². The molecule has 2 atom stereocenters. The minimum atomic E-state index is -0.0116. The molecule has 0 heterocycles. The van der Waals surface area contributed by atoms with Gasteiger partial charge in [-0.15, -0.1) is 0 Å². The Balaban J connectivity index is 2.94. The third kappa shape index (κ3) is 1.77. The first-order chi connectivity index (χ1) is 6.56. The molecule has 0 saturated heterocycles. The second-order valence-corrected chi connectivity index (χ2v) is 4.15. The van der Waals surface area contributed by atoms with Crippen molar-refractivity contribution >= 4 is 0 Å². The van der Waals surface area contributed by atoms with E-state index in [1.807, 2.05) is 0 Å². The Morgan fingerprint density at radius 1 is 1.43 bits per heavy atom. The van der Waals surface area contributed by atoms with Crippen LogP contribution in [0.4, 0.5) is 0 Å². The first-order valence-corrected chi connectivity index (χ1v) is 5.42. The average molecular weight is 194 g/mol. The van der Waals surface area contributed by atoms with Crippen LogP contribution in [0.2, 0.25) is 0 Å². The van der Waals surface area contributed by atoms with Crippen molar-refractivity contribution in [3.63, 3.8) is 0 Å².